The van der Waals surface area contributed by atoms with Gasteiger partial charge in [-0.2, -0.15) is 0 Å². The molecule has 0 atom stereocenters. The molecular weight excluding hydrogens is 256 g/mol. The predicted octanol–water partition coefficient (Wildman–Crippen LogP) is 3.10. The number of rotatable bonds is 6. The highest BCUT2D eigenvalue weighted by atomic mass is 32.1. The zero-order valence-corrected chi connectivity index (χ0v) is 12.5. The fourth-order valence-corrected chi connectivity index (χ4v) is 2.75. The third kappa shape index (κ3) is 4.04. The molecule has 0 unspecified atom stereocenters. The molecular formula is C15H20N2OS. The molecule has 0 amide bonds. The molecule has 0 aliphatic carbocycles. The van der Waals surface area contributed by atoms with Crippen LogP contribution < -0.4 is 10.1 Å². The summed E-state index contributed by atoms with van der Waals surface area (Å²) in [5.41, 5.74) is 2.43. The molecule has 0 aliphatic rings. The molecule has 1 N–H and O–H groups in total. The first-order valence-electron chi connectivity index (χ1n) is 6.45. The molecule has 3 nitrogen and oxygen atoms in total. The number of aryl methyl sites for hydroxylation is 2. The second kappa shape index (κ2) is 6.68. The normalized spacial score (nSPS) is 10.7. The SMILES string of the molecule is COc1ccc(CNCCc2nc(C)c(C)s2)cc1. The van der Waals surface area contributed by atoms with Crippen molar-refractivity contribution in [2.24, 2.45) is 0 Å². The zero-order valence-electron chi connectivity index (χ0n) is 11.7. The number of thiazole rings is 1. The molecule has 102 valence electrons. The van der Waals surface area contributed by atoms with Crippen molar-refractivity contribution in [3.05, 3.63) is 45.4 Å². The Bertz CT molecular complexity index is 500. The first-order chi connectivity index (χ1) is 9.19. The molecule has 0 saturated heterocycles. The van der Waals surface area contributed by atoms with Crippen molar-refractivity contribution in [3.63, 3.8) is 0 Å². The van der Waals surface area contributed by atoms with Crippen LogP contribution in [0.3, 0.4) is 0 Å². The molecule has 0 spiro atoms. The Kier molecular flexibility index (Phi) is 4.93. The van der Waals surface area contributed by atoms with Crippen LogP contribution in [0.4, 0.5) is 0 Å². The average Bonchev–Trinajstić information content (AvgIpc) is 2.74. The third-order valence-electron chi connectivity index (χ3n) is 3.08. The van der Waals surface area contributed by atoms with E-state index in [4.69, 9.17) is 4.74 Å². The van der Waals surface area contributed by atoms with E-state index in [1.807, 2.05) is 12.1 Å². The van der Waals surface area contributed by atoms with Gasteiger partial charge in [0.25, 0.3) is 0 Å². The topological polar surface area (TPSA) is 34.1 Å². The smallest absolute Gasteiger partial charge is 0.118 e. The fraction of sp³-hybridized carbons (Fsp3) is 0.400. The van der Waals surface area contributed by atoms with Crippen LogP contribution in [-0.2, 0) is 13.0 Å². The Morgan fingerprint density at radius 1 is 1.21 bits per heavy atom. The van der Waals surface area contributed by atoms with Crippen LogP contribution in [0.5, 0.6) is 5.75 Å². The molecule has 0 radical (unpaired) electrons. The number of methoxy groups -OCH3 is 1. The lowest BCUT2D eigenvalue weighted by Crippen LogP contribution is -2.16. The molecule has 19 heavy (non-hydrogen) atoms. The van der Waals surface area contributed by atoms with Gasteiger partial charge in [0.05, 0.1) is 17.8 Å². The lowest BCUT2D eigenvalue weighted by Gasteiger charge is -2.05. The van der Waals surface area contributed by atoms with Gasteiger partial charge < -0.3 is 10.1 Å². The van der Waals surface area contributed by atoms with Crippen molar-refractivity contribution >= 4 is 11.3 Å². The molecule has 0 aliphatic heterocycles. The van der Waals surface area contributed by atoms with Gasteiger partial charge >= 0.3 is 0 Å². The fourth-order valence-electron chi connectivity index (χ4n) is 1.82. The number of nitrogens with zero attached hydrogens (tertiary/aromatic N) is 1. The van der Waals surface area contributed by atoms with Gasteiger partial charge in [-0.25, -0.2) is 4.98 Å². The molecule has 2 aromatic rings. The summed E-state index contributed by atoms with van der Waals surface area (Å²) >= 11 is 1.80. The van der Waals surface area contributed by atoms with E-state index in [1.165, 1.54) is 15.4 Å². The third-order valence-corrected chi connectivity index (χ3v) is 4.21. The van der Waals surface area contributed by atoms with E-state index in [0.29, 0.717) is 0 Å². The van der Waals surface area contributed by atoms with Crippen LogP contribution in [0.1, 0.15) is 21.1 Å². The summed E-state index contributed by atoms with van der Waals surface area (Å²) in [4.78, 5) is 5.86. The van der Waals surface area contributed by atoms with Crippen molar-refractivity contribution in [2.75, 3.05) is 13.7 Å². The second-order valence-corrected chi connectivity index (χ2v) is 5.81. The van der Waals surface area contributed by atoms with E-state index in [2.05, 4.69) is 36.3 Å². The molecule has 0 bridgehead atoms. The van der Waals surface area contributed by atoms with Gasteiger partial charge in [-0.3, -0.25) is 0 Å². The molecule has 0 fully saturated rings. The summed E-state index contributed by atoms with van der Waals surface area (Å²) in [5, 5.41) is 4.66. The van der Waals surface area contributed by atoms with Gasteiger partial charge in [0.1, 0.15) is 5.75 Å². The number of hydrogen-bond donors (Lipinski definition) is 1. The number of hydrogen-bond acceptors (Lipinski definition) is 4. The number of aromatic nitrogens is 1. The minimum Gasteiger partial charge on any atom is -0.497 e. The van der Waals surface area contributed by atoms with Gasteiger partial charge in [-0.1, -0.05) is 12.1 Å². The summed E-state index contributed by atoms with van der Waals surface area (Å²) < 4.78 is 5.14. The van der Waals surface area contributed by atoms with Gasteiger partial charge in [0.15, 0.2) is 0 Å². The van der Waals surface area contributed by atoms with E-state index < -0.39 is 0 Å². The van der Waals surface area contributed by atoms with Gasteiger partial charge in [-0.05, 0) is 31.5 Å². The van der Waals surface area contributed by atoms with E-state index >= 15 is 0 Å². The lowest BCUT2D eigenvalue weighted by molar-refractivity contribution is 0.414. The number of nitrogens with one attached hydrogen (secondary N) is 1. The van der Waals surface area contributed by atoms with E-state index in [0.717, 1.165) is 31.0 Å². The Morgan fingerprint density at radius 2 is 1.95 bits per heavy atom. The van der Waals surface area contributed by atoms with Gasteiger partial charge in [0, 0.05) is 24.4 Å². The Morgan fingerprint density at radius 3 is 2.53 bits per heavy atom. The van der Waals surface area contributed by atoms with Crippen molar-refractivity contribution < 1.29 is 4.74 Å². The Balaban J connectivity index is 1.74. The predicted molar refractivity (Wildman–Crippen MR) is 80.0 cm³/mol. The quantitative estimate of drug-likeness (QED) is 0.823. The molecule has 2 rings (SSSR count). The minimum absolute atomic E-state index is 0.882. The second-order valence-electron chi connectivity index (χ2n) is 4.52. The summed E-state index contributed by atoms with van der Waals surface area (Å²) in [7, 11) is 1.69. The number of ether oxygens (including phenoxy) is 1. The van der Waals surface area contributed by atoms with Crippen LogP contribution in [-0.4, -0.2) is 18.6 Å². The highest BCUT2D eigenvalue weighted by molar-refractivity contribution is 7.11. The summed E-state index contributed by atoms with van der Waals surface area (Å²) in [6, 6.07) is 8.15. The summed E-state index contributed by atoms with van der Waals surface area (Å²) in [6.45, 7) is 6.03. The van der Waals surface area contributed by atoms with E-state index in [1.54, 1.807) is 18.4 Å². The van der Waals surface area contributed by atoms with Crippen LogP contribution in [0, 0.1) is 13.8 Å². The maximum absolute atomic E-state index is 5.14. The lowest BCUT2D eigenvalue weighted by atomic mass is 10.2. The van der Waals surface area contributed by atoms with Crippen LogP contribution in [0.2, 0.25) is 0 Å². The van der Waals surface area contributed by atoms with Crippen LogP contribution in [0.25, 0.3) is 0 Å². The maximum atomic E-state index is 5.14. The van der Waals surface area contributed by atoms with Crippen molar-refractivity contribution in [2.45, 2.75) is 26.8 Å². The average molecular weight is 276 g/mol. The first kappa shape index (κ1) is 14.0. The zero-order chi connectivity index (χ0) is 13.7. The summed E-state index contributed by atoms with van der Waals surface area (Å²) in [6.07, 6.45) is 0.996. The van der Waals surface area contributed by atoms with E-state index in [-0.39, 0.29) is 0 Å². The largest absolute Gasteiger partial charge is 0.497 e. The number of benzene rings is 1. The van der Waals surface area contributed by atoms with Gasteiger partial charge in [0.2, 0.25) is 0 Å². The Labute approximate surface area is 118 Å². The van der Waals surface area contributed by atoms with Crippen LogP contribution >= 0.6 is 11.3 Å². The Hall–Kier alpha value is -1.39. The maximum Gasteiger partial charge on any atom is 0.118 e. The molecule has 1 aromatic heterocycles. The van der Waals surface area contributed by atoms with Crippen molar-refractivity contribution in [1.29, 1.82) is 0 Å². The van der Waals surface area contributed by atoms with Gasteiger partial charge in [-0.15, -0.1) is 11.3 Å². The highest BCUT2D eigenvalue weighted by Gasteiger charge is 2.02. The summed E-state index contributed by atoms with van der Waals surface area (Å²) in [5.74, 6) is 0.900. The van der Waals surface area contributed by atoms with Crippen molar-refractivity contribution in [1.82, 2.24) is 10.3 Å². The standard InChI is InChI=1S/C15H20N2OS/c1-11-12(2)19-15(17-11)8-9-16-10-13-4-6-14(18-3)7-5-13/h4-7,16H,8-10H2,1-3H3. The highest BCUT2D eigenvalue weighted by Crippen LogP contribution is 2.16. The monoisotopic (exact) mass is 276 g/mol. The van der Waals surface area contributed by atoms with E-state index in [9.17, 15) is 0 Å². The molecule has 4 heteroatoms. The molecule has 0 saturated carbocycles. The molecule has 1 aromatic carbocycles. The molecule has 1 heterocycles. The first-order valence-corrected chi connectivity index (χ1v) is 7.27. The van der Waals surface area contributed by atoms with Crippen LogP contribution in [0.15, 0.2) is 24.3 Å². The minimum atomic E-state index is 0.882. The van der Waals surface area contributed by atoms with Crippen molar-refractivity contribution in [3.8, 4) is 5.75 Å².